The Balaban J connectivity index is 1.73. The van der Waals surface area contributed by atoms with Gasteiger partial charge in [0, 0.05) is 18.7 Å². The van der Waals surface area contributed by atoms with Gasteiger partial charge in [-0.25, -0.2) is 9.97 Å². The molecule has 0 fully saturated rings. The number of benzene rings is 1. The maximum absolute atomic E-state index is 11.8. The number of aromatic nitrogens is 2. The molecule has 0 aliphatic heterocycles. The Morgan fingerprint density at radius 3 is 2.91 bits per heavy atom. The van der Waals surface area contributed by atoms with E-state index in [4.69, 9.17) is 17.3 Å². The zero-order valence-corrected chi connectivity index (χ0v) is 12.5. The highest BCUT2D eigenvalue weighted by Crippen LogP contribution is 2.22. The van der Waals surface area contributed by atoms with Crippen LogP contribution in [-0.2, 0) is 0 Å². The van der Waals surface area contributed by atoms with Crippen LogP contribution in [0.4, 0.5) is 11.6 Å². The predicted molar refractivity (Wildman–Crippen MR) is 85.0 cm³/mol. The fourth-order valence-electron chi connectivity index (χ4n) is 1.75. The fraction of sp³-hybridized carbons (Fsp3) is 0.214. The number of nitrogens with two attached hydrogens (primary N) is 1. The first-order chi connectivity index (χ1) is 10.6. The summed E-state index contributed by atoms with van der Waals surface area (Å²) >= 11 is 5.95. The molecule has 7 nitrogen and oxygen atoms in total. The Morgan fingerprint density at radius 1 is 1.32 bits per heavy atom. The van der Waals surface area contributed by atoms with Gasteiger partial charge in [-0.2, -0.15) is 0 Å². The topological polar surface area (TPSA) is 113 Å². The SMILES string of the molecule is Nc1ncnc(NCCCNC(=O)c2cccc(O)c2)c1Cl. The molecular weight excluding hydrogens is 306 g/mol. The van der Waals surface area contributed by atoms with Gasteiger partial charge in [-0.05, 0) is 24.6 Å². The van der Waals surface area contributed by atoms with Crippen molar-refractivity contribution in [3.63, 3.8) is 0 Å². The number of halogens is 1. The van der Waals surface area contributed by atoms with Gasteiger partial charge in [0.1, 0.15) is 28.7 Å². The van der Waals surface area contributed by atoms with Crippen molar-refractivity contribution in [1.29, 1.82) is 0 Å². The summed E-state index contributed by atoms with van der Waals surface area (Å²) in [7, 11) is 0. The number of nitrogens with one attached hydrogen (secondary N) is 2. The van der Waals surface area contributed by atoms with Crippen LogP contribution >= 0.6 is 11.6 Å². The molecule has 1 heterocycles. The van der Waals surface area contributed by atoms with Crippen LogP contribution in [0.25, 0.3) is 0 Å². The molecule has 1 amide bonds. The number of carbonyl (C=O) groups excluding carboxylic acids is 1. The van der Waals surface area contributed by atoms with E-state index < -0.39 is 0 Å². The third-order valence-electron chi connectivity index (χ3n) is 2.86. The van der Waals surface area contributed by atoms with Gasteiger partial charge in [0.2, 0.25) is 0 Å². The number of hydrogen-bond donors (Lipinski definition) is 4. The van der Waals surface area contributed by atoms with Crippen molar-refractivity contribution >= 4 is 29.1 Å². The summed E-state index contributed by atoms with van der Waals surface area (Å²) in [5, 5.41) is 15.4. The summed E-state index contributed by atoms with van der Waals surface area (Å²) < 4.78 is 0. The van der Waals surface area contributed by atoms with E-state index in [9.17, 15) is 9.90 Å². The zero-order chi connectivity index (χ0) is 15.9. The number of anilines is 2. The van der Waals surface area contributed by atoms with E-state index in [1.165, 1.54) is 18.5 Å². The number of rotatable bonds is 6. The van der Waals surface area contributed by atoms with Gasteiger partial charge in [-0.1, -0.05) is 17.7 Å². The van der Waals surface area contributed by atoms with E-state index in [1.54, 1.807) is 12.1 Å². The molecule has 5 N–H and O–H groups in total. The number of carbonyl (C=O) groups is 1. The van der Waals surface area contributed by atoms with Crippen molar-refractivity contribution in [3.8, 4) is 5.75 Å². The Labute approximate surface area is 132 Å². The smallest absolute Gasteiger partial charge is 0.251 e. The van der Waals surface area contributed by atoms with Crippen molar-refractivity contribution in [2.75, 3.05) is 24.1 Å². The highest BCUT2D eigenvalue weighted by Gasteiger charge is 2.07. The number of amides is 1. The summed E-state index contributed by atoms with van der Waals surface area (Å²) in [4.78, 5) is 19.6. The van der Waals surface area contributed by atoms with Crippen molar-refractivity contribution in [2.24, 2.45) is 0 Å². The molecule has 22 heavy (non-hydrogen) atoms. The molecule has 0 spiro atoms. The van der Waals surface area contributed by atoms with Crippen LogP contribution in [0.3, 0.4) is 0 Å². The lowest BCUT2D eigenvalue weighted by atomic mass is 10.2. The molecule has 0 aliphatic rings. The predicted octanol–water partition coefficient (Wildman–Crippen LogP) is 1.65. The van der Waals surface area contributed by atoms with Crippen LogP contribution in [0.5, 0.6) is 5.75 Å². The average Bonchev–Trinajstić information content (AvgIpc) is 2.51. The van der Waals surface area contributed by atoms with Crippen molar-refractivity contribution in [3.05, 3.63) is 41.2 Å². The second-order valence-corrected chi connectivity index (χ2v) is 4.89. The number of nitrogens with zero attached hydrogens (tertiary/aromatic N) is 2. The molecule has 0 unspecified atom stereocenters. The Morgan fingerprint density at radius 2 is 2.14 bits per heavy atom. The number of nitrogen functional groups attached to an aromatic ring is 1. The fourth-order valence-corrected chi connectivity index (χ4v) is 1.92. The van der Waals surface area contributed by atoms with Crippen molar-refractivity contribution < 1.29 is 9.90 Å². The van der Waals surface area contributed by atoms with E-state index in [0.29, 0.717) is 30.9 Å². The maximum Gasteiger partial charge on any atom is 0.251 e. The first-order valence-electron chi connectivity index (χ1n) is 6.65. The molecule has 2 aromatic rings. The number of hydrogen-bond acceptors (Lipinski definition) is 6. The summed E-state index contributed by atoms with van der Waals surface area (Å²) in [6, 6.07) is 6.18. The summed E-state index contributed by atoms with van der Waals surface area (Å²) in [5.41, 5.74) is 5.98. The lowest BCUT2D eigenvalue weighted by Crippen LogP contribution is -2.25. The molecule has 0 atom stereocenters. The minimum absolute atomic E-state index is 0.0605. The highest BCUT2D eigenvalue weighted by atomic mass is 35.5. The molecule has 0 saturated heterocycles. The van der Waals surface area contributed by atoms with E-state index in [0.717, 1.165) is 0 Å². The summed E-state index contributed by atoms with van der Waals surface area (Å²) in [6.45, 7) is 1.04. The molecule has 0 bridgehead atoms. The first-order valence-corrected chi connectivity index (χ1v) is 7.03. The van der Waals surface area contributed by atoms with Gasteiger partial charge in [-0.15, -0.1) is 0 Å². The molecule has 8 heteroatoms. The minimum atomic E-state index is -0.236. The number of aromatic hydroxyl groups is 1. The zero-order valence-electron chi connectivity index (χ0n) is 11.7. The van der Waals surface area contributed by atoms with Crippen molar-refractivity contribution in [2.45, 2.75) is 6.42 Å². The number of phenolic OH excluding ortho intramolecular Hbond substituents is 1. The van der Waals surface area contributed by atoms with Gasteiger partial charge in [0.05, 0.1) is 0 Å². The second kappa shape index (κ2) is 7.46. The second-order valence-electron chi connectivity index (χ2n) is 4.51. The standard InChI is InChI=1S/C14H16ClN5O2/c15-11-12(16)19-8-20-13(11)17-5-2-6-18-14(22)9-3-1-4-10(21)7-9/h1,3-4,7-8,21H,2,5-6H2,(H,18,22)(H3,16,17,19,20). The lowest BCUT2D eigenvalue weighted by Gasteiger charge is -2.09. The van der Waals surface area contributed by atoms with Crippen LogP contribution in [0.1, 0.15) is 16.8 Å². The molecule has 0 saturated carbocycles. The third kappa shape index (κ3) is 4.23. The normalized spacial score (nSPS) is 10.2. The van der Waals surface area contributed by atoms with Crippen LogP contribution in [-0.4, -0.2) is 34.1 Å². The van der Waals surface area contributed by atoms with Gasteiger partial charge in [0.15, 0.2) is 0 Å². The van der Waals surface area contributed by atoms with Gasteiger partial charge < -0.3 is 21.5 Å². The third-order valence-corrected chi connectivity index (χ3v) is 3.23. The van der Waals surface area contributed by atoms with Gasteiger partial charge >= 0.3 is 0 Å². The average molecular weight is 322 g/mol. The Hall–Kier alpha value is -2.54. The van der Waals surface area contributed by atoms with Crippen LogP contribution in [0.2, 0.25) is 5.02 Å². The molecule has 2 rings (SSSR count). The quantitative estimate of drug-likeness (QED) is 0.602. The van der Waals surface area contributed by atoms with Crippen LogP contribution < -0.4 is 16.4 Å². The van der Waals surface area contributed by atoms with E-state index in [2.05, 4.69) is 20.6 Å². The Bertz CT molecular complexity index is 665. The largest absolute Gasteiger partial charge is 0.508 e. The van der Waals surface area contributed by atoms with Crippen LogP contribution in [0.15, 0.2) is 30.6 Å². The molecule has 0 aliphatic carbocycles. The molecular formula is C14H16ClN5O2. The molecule has 1 aromatic carbocycles. The van der Waals surface area contributed by atoms with Gasteiger partial charge in [-0.3, -0.25) is 4.79 Å². The minimum Gasteiger partial charge on any atom is -0.508 e. The Kier molecular flexibility index (Phi) is 5.37. The number of phenols is 1. The summed E-state index contributed by atoms with van der Waals surface area (Å²) in [6.07, 6.45) is 2.00. The van der Waals surface area contributed by atoms with E-state index >= 15 is 0 Å². The van der Waals surface area contributed by atoms with Crippen LogP contribution in [0, 0.1) is 0 Å². The van der Waals surface area contributed by atoms with E-state index in [-0.39, 0.29) is 22.5 Å². The molecule has 1 aromatic heterocycles. The highest BCUT2D eigenvalue weighted by molar-refractivity contribution is 6.35. The monoisotopic (exact) mass is 321 g/mol. The lowest BCUT2D eigenvalue weighted by molar-refractivity contribution is 0.0953. The maximum atomic E-state index is 11.8. The van der Waals surface area contributed by atoms with Gasteiger partial charge in [0.25, 0.3) is 5.91 Å². The molecule has 116 valence electrons. The van der Waals surface area contributed by atoms with Crippen molar-refractivity contribution in [1.82, 2.24) is 15.3 Å². The van der Waals surface area contributed by atoms with E-state index in [1.807, 2.05) is 0 Å². The summed E-state index contributed by atoms with van der Waals surface area (Å²) in [5.74, 6) is 0.510. The first kappa shape index (κ1) is 15.8. The molecule has 0 radical (unpaired) electrons.